The Kier molecular flexibility index (Phi) is 5.46. The van der Waals surface area contributed by atoms with Gasteiger partial charge in [0.15, 0.2) is 0 Å². The van der Waals surface area contributed by atoms with E-state index < -0.39 is 0 Å². The normalized spacial score (nSPS) is 38.8. The van der Waals surface area contributed by atoms with Crippen molar-refractivity contribution in [3.05, 3.63) is 0 Å². The van der Waals surface area contributed by atoms with Crippen LogP contribution < -0.4 is 5.73 Å². The standard InChI is InChI=1S/C15H30N2O/c1-3-5-12-6-7-14(16)15(10-12)17-8-9-18-13(4-2)11-17/h12-15H,3-11,16H2,1-2H3. The summed E-state index contributed by atoms with van der Waals surface area (Å²) in [7, 11) is 0. The van der Waals surface area contributed by atoms with Gasteiger partial charge >= 0.3 is 0 Å². The first-order chi connectivity index (χ1) is 8.74. The van der Waals surface area contributed by atoms with Crippen LogP contribution in [0.1, 0.15) is 52.4 Å². The van der Waals surface area contributed by atoms with Crippen LogP contribution in [0.5, 0.6) is 0 Å². The van der Waals surface area contributed by atoms with E-state index in [1.54, 1.807) is 0 Å². The quantitative estimate of drug-likeness (QED) is 0.837. The molecule has 0 spiro atoms. The van der Waals surface area contributed by atoms with Crippen molar-refractivity contribution < 1.29 is 4.74 Å². The smallest absolute Gasteiger partial charge is 0.0700 e. The second kappa shape index (κ2) is 6.88. The molecule has 4 atom stereocenters. The molecule has 3 heteroatoms. The van der Waals surface area contributed by atoms with Gasteiger partial charge in [-0.25, -0.2) is 0 Å². The van der Waals surface area contributed by atoms with Crippen LogP contribution in [0.3, 0.4) is 0 Å². The van der Waals surface area contributed by atoms with Crippen LogP contribution in [-0.2, 0) is 4.74 Å². The number of hydrogen-bond donors (Lipinski definition) is 1. The molecule has 2 rings (SSSR count). The molecule has 18 heavy (non-hydrogen) atoms. The molecule has 0 aromatic rings. The van der Waals surface area contributed by atoms with Crippen molar-refractivity contribution in [1.82, 2.24) is 4.90 Å². The summed E-state index contributed by atoms with van der Waals surface area (Å²) in [6.45, 7) is 7.57. The Morgan fingerprint density at radius 2 is 2.11 bits per heavy atom. The molecule has 1 heterocycles. The Balaban J connectivity index is 1.92. The van der Waals surface area contributed by atoms with Gasteiger partial charge in [-0.05, 0) is 31.6 Å². The maximum Gasteiger partial charge on any atom is 0.0700 e. The predicted molar refractivity (Wildman–Crippen MR) is 75.6 cm³/mol. The van der Waals surface area contributed by atoms with Crippen molar-refractivity contribution >= 4 is 0 Å². The van der Waals surface area contributed by atoms with Crippen LogP contribution in [0.15, 0.2) is 0 Å². The van der Waals surface area contributed by atoms with E-state index in [-0.39, 0.29) is 0 Å². The number of morpholine rings is 1. The molecule has 0 amide bonds. The minimum atomic E-state index is 0.383. The van der Waals surface area contributed by atoms with Gasteiger partial charge in [-0.15, -0.1) is 0 Å². The van der Waals surface area contributed by atoms with Gasteiger partial charge in [0.1, 0.15) is 0 Å². The molecule has 0 aromatic heterocycles. The molecule has 106 valence electrons. The second-order valence-electron chi connectivity index (χ2n) is 6.09. The fourth-order valence-corrected chi connectivity index (χ4v) is 3.64. The molecule has 0 radical (unpaired) electrons. The minimum Gasteiger partial charge on any atom is -0.376 e. The highest BCUT2D eigenvalue weighted by Crippen LogP contribution is 2.31. The first-order valence-electron chi connectivity index (χ1n) is 7.85. The van der Waals surface area contributed by atoms with Gasteiger partial charge < -0.3 is 10.5 Å². The molecule has 1 saturated carbocycles. The van der Waals surface area contributed by atoms with Gasteiger partial charge in [0.05, 0.1) is 12.7 Å². The summed E-state index contributed by atoms with van der Waals surface area (Å²) in [5.41, 5.74) is 6.37. The second-order valence-corrected chi connectivity index (χ2v) is 6.09. The van der Waals surface area contributed by atoms with Crippen LogP contribution >= 0.6 is 0 Å². The topological polar surface area (TPSA) is 38.5 Å². The molecule has 1 aliphatic heterocycles. The summed E-state index contributed by atoms with van der Waals surface area (Å²) in [6, 6.07) is 0.988. The maximum absolute atomic E-state index is 6.37. The summed E-state index contributed by atoms with van der Waals surface area (Å²) in [4.78, 5) is 2.62. The fraction of sp³-hybridized carbons (Fsp3) is 1.00. The summed E-state index contributed by atoms with van der Waals surface area (Å²) in [5.74, 6) is 0.905. The van der Waals surface area contributed by atoms with E-state index in [2.05, 4.69) is 18.7 Å². The van der Waals surface area contributed by atoms with Crippen LogP contribution in [0.25, 0.3) is 0 Å². The zero-order valence-electron chi connectivity index (χ0n) is 12.1. The summed E-state index contributed by atoms with van der Waals surface area (Å²) in [6.07, 6.45) is 8.11. The molecule has 4 unspecified atom stereocenters. The van der Waals surface area contributed by atoms with E-state index >= 15 is 0 Å². The van der Waals surface area contributed by atoms with Crippen molar-refractivity contribution in [2.24, 2.45) is 11.7 Å². The zero-order chi connectivity index (χ0) is 13.0. The Morgan fingerprint density at radius 3 is 2.83 bits per heavy atom. The van der Waals surface area contributed by atoms with E-state index in [1.807, 2.05) is 0 Å². The van der Waals surface area contributed by atoms with E-state index in [9.17, 15) is 0 Å². The third kappa shape index (κ3) is 3.46. The first-order valence-corrected chi connectivity index (χ1v) is 7.85. The molecular weight excluding hydrogens is 224 g/mol. The number of ether oxygens (including phenoxy) is 1. The van der Waals surface area contributed by atoms with Gasteiger partial charge in [0, 0.05) is 25.2 Å². The maximum atomic E-state index is 6.37. The van der Waals surface area contributed by atoms with Crippen molar-refractivity contribution in [1.29, 1.82) is 0 Å². The average Bonchev–Trinajstić information content (AvgIpc) is 2.41. The molecule has 0 aromatic carbocycles. The largest absolute Gasteiger partial charge is 0.376 e. The highest BCUT2D eigenvalue weighted by atomic mass is 16.5. The average molecular weight is 254 g/mol. The lowest BCUT2D eigenvalue weighted by atomic mass is 9.79. The molecule has 2 aliphatic rings. The lowest BCUT2D eigenvalue weighted by Gasteiger charge is -2.44. The molecule has 2 N–H and O–H groups in total. The number of rotatable bonds is 4. The summed E-state index contributed by atoms with van der Waals surface area (Å²) in [5, 5.41) is 0. The van der Waals surface area contributed by atoms with Gasteiger partial charge in [-0.1, -0.05) is 26.7 Å². The van der Waals surface area contributed by atoms with Crippen LogP contribution in [0.4, 0.5) is 0 Å². The molecular formula is C15H30N2O. The van der Waals surface area contributed by atoms with Gasteiger partial charge in [-0.2, -0.15) is 0 Å². The highest BCUT2D eigenvalue weighted by Gasteiger charge is 2.34. The van der Waals surface area contributed by atoms with Crippen LogP contribution in [-0.4, -0.2) is 42.8 Å². The monoisotopic (exact) mass is 254 g/mol. The van der Waals surface area contributed by atoms with Crippen LogP contribution in [0, 0.1) is 5.92 Å². The SMILES string of the molecule is CCCC1CCC(N)C(N2CCOC(CC)C2)C1. The number of hydrogen-bond acceptors (Lipinski definition) is 3. The molecule has 0 bridgehead atoms. The van der Waals surface area contributed by atoms with E-state index in [0.717, 1.165) is 32.0 Å². The van der Waals surface area contributed by atoms with Gasteiger partial charge in [0.25, 0.3) is 0 Å². The Labute approximate surface area is 112 Å². The van der Waals surface area contributed by atoms with E-state index in [1.165, 1.54) is 32.1 Å². The summed E-state index contributed by atoms with van der Waals surface area (Å²) < 4.78 is 5.78. The Hall–Kier alpha value is -0.120. The molecule has 1 aliphatic carbocycles. The molecule has 2 fully saturated rings. The number of nitrogens with zero attached hydrogens (tertiary/aromatic N) is 1. The Bertz CT molecular complexity index is 247. The Morgan fingerprint density at radius 1 is 1.28 bits per heavy atom. The minimum absolute atomic E-state index is 0.383. The predicted octanol–water partition coefficient (Wildman–Crippen LogP) is 2.39. The zero-order valence-corrected chi connectivity index (χ0v) is 12.1. The first kappa shape index (κ1) is 14.3. The number of nitrogens with two attached hydrogens (primary N) is 1. The van der Waals surface area contributed by atoms with Gasteiger partial charge in [0.2, 0.25) is 0 Å². The molecule has 3 nitrogen and oxygen atoms in total. The fourth-order valence-electron chi connectivity index (χ4n) is 3.64. The lowest BCUT2D eigenvalue weighted by Crippen LogP contribution is -2.56. The van der Waals surface area contributed by atoms with Crippen molar-refractivity contribution in [2.45, 2.75) is 70.6 Å². The van der Waals surface area contributed by atoms with Crippen molar-refractivity contribution in [3.63, 3.8) is 0 Å². The van der Waals surface area contributed by atoms with Gasteiger partial charge in [-0.3, -0.25) is 4.90 Å². The third-order valence-electron chi connectivity index (χ3n) is 4.77. The highest BCUT2D eigenvalue weighted by molar-refractivity contribution is 4.91. The van der Waals surface area contributed by atoms with E-state index in [0.29, 0.717) is 18.2 Å². The van der Waals surface area contributed by atoms with E-state index in [4.69, 9.17) is 10.5 Å². The summed E-state index contributed by atoms with van der Waals surface area (Å²) >= 11 is 0. The van der Waals surface area contributed by atoms with Crippen molar-refractivity contribution in [3.8, 4) is 0 Å². The van der Waals surface area contributed by atoms with Crippen molar-refractivity contribution in [2.75, 3.05) is 19.7 Å². The molecule has 1 saturated heterocycles. The lowest BCUT2D eigenvalue weighted by molar-refractivity contribution is -0.0557. The third-order valence-corrected chi connectivity index (χ3v) is 4.77. The van der Waals surface area contributed by atoms with Crippen LogP contribution in [0.2, 0.25) is 0 Å².